The van der Waals surface area contributed by atoms with E-state index in [1.165, 1.54) is 12.1 Å². The van der Waals surface area contributed by atoms with Crippen molar-refractivity contribution in [3.05, 3.63) is 77.2 Å². The lowest BCUT2D eigenvalue weighted by Crippen LogP contribution is -2.07. The third-order valence-electron chi connectivity index (χ3n) is 4.77. The lowest BCUT2D eigenvalue weighted by atomic mass is 10.1. The van der Waals surface area contributed by atoms with Gasteiger partial charge in [0.2, 0.25) is 0 Å². The molecule has 29 heavy (non-hydrogen) atoms. The Hall–Kier alpha value is -3.48. The van der Waals surface area contributed by atoms with Crippen molar-refractivity contribution in [3.63, 3.8) is 0 Å². The number of nitrogens with one attached hydrogen (secondary N) is 2. The maximum atomic E-state index is 13.5. The fourth-order valence-corrected chi connectivity index (χ4v) is 3.22. The molecule has 1 unspecified atom stereocenters. The summed E-state index contributed by atoms with van der Waals surface area (Å²) < 4.78 is 28.9. The summed E-state index contributed by atoms with van der Waals surface area (Å²) in [4.78, 5) is 0. The minimum absolute atomic E-state index is 0.261. The Bertz CT molecular complexity index is 1150. The number of halogens is 2. The maximum absolute atomic E-state index is 13.5. The van der Waals surface area contributed by atoms with E-state index in [0.717, 1.165) is 40.5 Å². The first kappa shape index (κ1) is 18.9. The Morgan fingerprint density at radius 1 is 1.14 bits per heavy atom. The van der Waals surface area contributed by atoms with E-state index in [2.05, 4.69) is 20.6 Å². The van der Waals surface area contributed by atoms with Gasteiger partial charge in [-0.25, -0.2) is 8.78 Å². The van der Waals surface area contributed by atoms with E-state index in [1.807, 2.05) is 61.3 Å². The number of benzene rings is 2. The monoisotopic (exact) mass is 393 g/mol. The molecule has 2 N–H and O–H groups in total. The maximum Gasteiger partial charge on any atom is 0.126 e. The van der Waals surface area contributed by atoms with Gasteiger partial charge in [0.1, 0.15) is 11.6 Å². The number of H-pyrrole nitrogens is 1. The Morgan fingerprint density at radius 2 is 1.93 bits per heavy atom. The summed E-state index contributed by atoms with van der Waals surface area (Å²) in [5.74, 6) is -1.17. The van der Waals surface area contributed by atoms with E-state index in [4.69, 9.17) is 0 Å². The standard InChI is InChI=1S/C22H21F2N5/c1-3-29-13-15(12-25-29)4-6-21-20-11-19(5-7-22(20)28-27-21)26-14(2)16-8-17(23)10-18(24)9-16/h4-14,26H,3H2,1-2H3,(H,27,28)/b6-4+. The molecule has 4 aromatic rings. The zero-order chi connectivity index (χ0) is 20.4. The minimum atomic E-state index is -0.585. The number of fused-ring (bicyclic) bond motifs is 1. The molecule has 4 rings (SSSR count). The van der Waals surface area contributed by atoms with Crippen molar-refractivity contribution in [2.75, 3.05) is 5.32 Å². The van der Waals surface area contributed by atoms with Gasteiger partial charge in [-0.05, 0) is 61.9 Å². The molecular formula is C22H21F2N5. The van der Waals surface area contributed by atoms with Crippen molar-refractivity contribution in [2.45, 2.75) is 26.4 Å². The first-order chi connectivity index (χ1) is 14.0. The number of anilines is 1. The topological polar surface area (TPSA) is 58.5 Å². The van der Waals surface area contributed by atoms with Crippen LogP contribution >= 0.6 is 0 Å². The van der Waals surface area contributed by atoms with E-state index >= 15 is 0 Å². The normalized spacial score (nSPS) is 12.7. The SMILES string of the molecule is CCn1cc(/C=C/c2n[nH]c3ccc(NC(C)c4cc(F)cc(F)c4)cc23)cn1. The number of aromatic amines is 1. The van der Waals surface area contributed by atoms with Gasteiger partial charge in [0.05, 0.1) is 17.4 Å². The van der Waals surface area contributed by atoms with Gasteiger partial charge in [-0.2, -0.15) is 10.2 Å². The zero-order valence-corrected chi connectivity index (χ0v) is 16.2. The Balaban J connectivity index is 1.57. The van der Waals surface area contributed by atoms with Crippen LogP contribution in [0.15, 0.2) is 48.8 Å². The first-order valence-electron chi connectivity index (χ1n) is 9.43. The molecule has 5 nitrogen and oxygen atoms in total. The van der Waals surface area contributed by atoms with E-state index in [9.17, 15) is 8.78 Å². The van der Waals surface area contributed by atoms with E-state index < -0.39 is 11.6 Å². The Kier molecular flexibility index (Phi) is 5.12. The Labute approximate surface area is 167 Å². The highest BCUT2D eigenvalue weighted by Gasteiger charge is 2.10. The quantitative estimate of drug-likeness (QED) is 0.461. The molecule has 2 aromatic heterocycles. The predicted octanol–water partition coefficient (Wildman–Crippen LogP) is 5.40. The molecule has 148 valence electrons. The summed E-state index contributed by atoms with van der Waals surface area (Å²) in [6, 6.07) is 9.09. The van der Waals surface area contributed by atoms with Crippen molar-refractivity contribution in [1.29, 1.82) is 0 Å². The average molecular weight is 393 g/mol. The molecule has 0 aliphatic rings. The number of rotatable bonds is 6. The number of nitrogens with zero attached hydrogens (tertiary/aromatic N) is 3. The molecule has 0 saturated heterocycles. The highest BCUT2D eigenvalue weighted by molar-refractivity contribution is 5.91. The number of hydrogen-bond acceptors (Lipinski definition) is 3. The molecule has 0 amide bonds. The molecule has 0 radical (unpaired) electrons. The second kappa shape index (κ2) is 7.87. The minimum Gasteiger partial charge on any atom is -0.378 e. The number of aromatic nitrogens is 4. The van der Waals surface area contributed by atoms with E-state index in [-0.39, 0.29) is 6.04 Å². The van der Waals surface area contributed by atoms with Crippen LogP contribution in [-0.4, -0.2) is 20.0 Å². The van der Waals surface area contributed by atoms with Gasteiger partial charge < -0.3 is 5.32 Å². The summed E-state index contributed by atoms with van der Waals surface area (Å²) >= 11 is 0. The van der Waals surface area contributed by atoms with E-state index in [0.29, 0.717) is 5.56 Å². The van der Waals surface area contributed by atoms with Crippen LogP contribution in [0.3, 0.4) is 0 Å². The lowest BCUT2D eigenvalue weighted by molar-refractivity contribution is 0.577. The zero-order valence-electron chi connectivity index (χ0n) is 16.2. The highest BCUT2D eigenvalue weighted by atomic mass is 19.1. The molecule has 0 bridgehead atoms. The second-order valence-corrected chi connectivity index (χ2v) is 6.90. The summed E-state index contributed by atoms with van der Waals surface area (Å²) in [5.41, 5.74) is 4.09. The number of aryl methyl sites for hydroxylation is 1. The fourth-order valence-electron chi connectivity index (χ4n) is 3.22. The van der Waals surface area contributed by atoms with Crippen LogP contribution < -0.4 is 5.32 Å². The molecule has 0 fully saturated rings. The molecule has 2 aromatic carbocycles. The molecule has 1 atom stereocenters. The molecule has 7 heteroatoms. The third kappa shape index (κ3) is 4.18. The third-order valence-corrected chi connectivity index (χ3v) is 4.77. The molecule has 0 aliphatic heterocycles. The van der Waals surface area contributed by atoms with Crippen molar-refractivity contribution in [1.82, 2.24) is 20.0 Å². The van der Waals surface area contributed by atoms with Gasteiger partial charge in [-0.15, -0.1) is 0 Å². The number of hydrogen-bond donors (Lipinski definition) is 2. The van der Waals surface area contributed by atoms with Crippen LogP contribution in [0.25, 0.3) is 23.1 Å². The second-order valence-electron chi connectivity index (χ2n) is 6.90. The Morgan fingerprint density at radius 3 is 2.66 bits per heavy atom. The van der Waals surface area contributed by atoms with Gasteiger partial charge in [0, 0.05) is 41.5 Å². The smallest absolute Gasteiger partial charge is 0.126 e. The molecule has 0 saturated carbocycles. The van der Waals surface area contributed by atoms with Crippen molar-refractivity contribution < 1.29 is 8.78 Å². The van der Waals surface area contributed by atoms with Gasteiger partial charge >= 0.3 is 0 Å². The van der Waals surface area contributed by atoms with Crippen LogP contribution in [0.4, 0.5) is 14.5 Å². The van der Waals surface area contributed by atoms with E-state index in [1.54, 1.807) is 0 Å². The van der Waals surface area contributed by atoms with Crippen LogP contribution in [-0.2, 0) is 6.54 Å². The first-order valence-corrected chi connectivity index (χ1v) is 9.43. The van der Waals surface area contributed by atoms with Crippen LogP contribution in [0.2, 0.25) is 0 Å². The fraction of sp³-hybridized carbons (Fsp3) is 0.182. The summed E-state index contributed by atoms with van der Waals surface area (Å²) in [6.07, 6.45) is 7.68. The summed E-state index contributed by atoms with van der Waals surface area (Å²) in [5, 5.41) is 15.9. The lowest BCUT2D eigenvalue weighted by Gasteiger charge is -2.16. The predicted molar refractivity (Wildman–Crippen MR) is 111 cm³/mol. The van der Waals surface area contributed by atoms with Crippen LogP contribution in [0.1, 0.15) is 36.7 Å². The van der Waals surface area contributed by atoms with Crippen molar-refractivity contribution in [3.8, 4) is 0 Å². The van der Waals surface area contributed by atoms with Crippen LogP contribution in [0.5, 0.6) is 0 Å². The van der Waals surface area contributed by atoms with Crippen molar-refractivity contribution in [2.24, 2.45) is 0 Å². The summed E-state index contributed by atoms with van der Waals surface area (Å²) in [7, 11) is 0. The highest BCUT2D eigenvalue weighted by Crippen LogP contribution is 2.26. The van der Waals surface area contributed by atoms with Crippen molar-refractivity contribution >= 4 is 28.7 Å². The van der Waals surface area contributed by atoms with Gasteiger partial charge in [-0.1, -0.05) is 0 Å². The van der Waals surface area contributed by atoms with Gasteiger partial charge in [0.15, 0.2) is 0 Å². The largest absolute Gasteiger partial charge is 0.378 e. The molecule has 2 heterocycles. The summed E-state index contributed by atoms with van der Waals surface area (Å²) in [6.45, 7) is 4.72. The molecular weight excluding hydrogens is 372 g/mol. The van der Waals surface area contributed by atoms with Gasteiger partial charge in [0.25, 0.3) is 0 Å². The van der Waals surface area contributed by atoms with Gasteiger partial charge in [-0.3, -0.25) is 9.78 Å². The molecule has 0 spiro atoms. The average Bonchev–Trinajstić information content (AvgIpc) is 3.32. The molecule has 0 aliphatic carbocycles. The van der Waals surface area contributed by atoms with Crippen LogP contribution in [0, 0.1) is 11.6 Å².